The van der Waals surface area contributed by atoms with Crippen molar-refractivity contribution in [2.24, 2.45) is 0 Å². The fourth-order valence-corrected chi connectivity index (χ4v) is 1.55. The molecule has 1 amide bonds. The van der Waals surface area contributed by atoms with Crippen molar-refractivity contribution in [3.05, 3.63) is 26.3 Å². The first-order valence-electron chi connectivity index (χ1n) is 3.19. The number of nitrogens with one attached hydrogen (secondary N) is 1. The zero-order valence-corrected chi connectivity index (χ0v) is 7.32. The highest BCUT2D eigenvalue weighted by Gasteiger charge is 2.24. The van der Waals surface area contributed by atoms with E-state index >= 15 is 0 Å². The highest BCUT2D eigenvalue weighted by atomic mass is 32.1. The number of rotatable bonds is 4. The van der Waals surface area contributed by atoms with E-state index in [0.717, 1.165) is 6.07 Å². The van der Waals surface area contributed by atoms with E-state index in [1.165, 1.54) is 0 Å². The zero-order valence-electron chi connectivity index (χ0n) is 6.50. The third kappa shape index (κ3) is 1.82. The van der Waals surface area contributed by atoms with Gasteiger partial charge in [0.1, 0.15) is 6.07 Å². The monoisotopic (exact) mass is 217 g/mol. The van der Waals surface area contributed by atoms with Gasteiger partial charge in [-0.1, -0.05) is 0 Å². The first-order chi connectivity index (χ1) is 6.56. The van der Waals surface area contributed by atoms with Crippen LogP contribution in [0.3, 0.4) is 0 Å². The Morgan fingerprint density at radius 1 is 1.36 bits per heavy atom. The minimum Gasteiger partial charge on any atom is -0.314 e. The molecule has 0 unspecified atom stereocenters. The van der Waals surface area contributed by atoms with E-state index in [1.54, 1.807) is 0 Å². The summed E-state index contributed by atoms with van der Waals surface area (Å²) in [4.78, 5) is 29.1. The molecule has 0 saturated carbocycles. The minimum absolute atomic E-state index is 0.142. The van der Waals surface area contributed by atoms with Crippen LogP contribution in [0, 0.1) is 20.2 Å². The number of hydrogen-bond donors (Lipinski definition) is 1. The lowest BCUT2D eigenvalue weighted by molar-refractivity contribution is -0.389. The van der Waals surface area contributed by atoms with E-state index in [9.17, 15) is 25.0 Å². The van der Waals surface area contributed by atoms with Crippen LogP contribution in [0.5, 0.6) is 0 Å². The van der Waals surface area contributed by atoms with Crippen LogP contribution in [0.1, 0.15) is 0 Å². The molecule has 0 saturated heterocycles. The van der Waals surface area contributed by atoms with Gasteiger partial charge in [0.2, 0.25) is 6.41 Å². The maximum atomic E-state index is 10.4. The summed E-state index contributed by atoms with van der Waals surface area (Å²) >= 11 is 0.537. The van der Waals surface area contributed by atoms with Crippen molar-refractivity contribution in [3.63, 3.8) is 0 Å². The van der Waals surface area contributed by atoms with E-state index in [4.69, 9.17) is 0 Å². The molecule has 0 atom stereocenters. The van der Waals surface area contributed by atoms with Crippen LogP contribution in [-0.4, -0.2) is 16.3 Å². The molecule has 0 aliphatic heterocycles. The van der Waals surface area contributed by atoms with Crippen LogP contribution in [0.25, 0.3) is 0 Å². The van der Waals surface area contributed by atoms with Gasteiger partial charge in [-0.25, -0.2) is 0 Å². The van der Waals surface area contributed by atoms with E-state index in [2.05, 4.69) is 0 Å². The maximum Gasteiger partial charge on any atom is 0.333 e. The second kappa shape index (κ2) is 3.79. The van der Waals surface area contributed by atoms with Crippen molar-refractivity contribution in [3.8, 4) is 0 Å². The Morgan fingerprint density at radius 2 is 2.00 bits per heavy atom. The predicted molar refractivity (Wildman–Crippen MR) is 47.3 cm³/mol. The molecule has 0 aromatic carbocycles. The summed E-state index contributed by atoms with van der Waals surface area (Å²) in [5, 5.41) is 22.1. The van der Waals surface area contributed by atoms with Gasteiger partial charge >= 0.3 is 10.7 Å². The van der Waals surface area contributed by atoms with Crippen molar-refractivity contribution in [1.29, 1.82) is 0 Å². The Hall–Kier alpha value is -2.03. The summed E-state index contributed by atoms with van der Waals surface area (Å²) in [5.41, 5.74) is -0.478. The van der Waals surface area contributed by atoms with Crippen molar-refractivity contribution in [2.75, 3.05) is 5.32 Å². The lowest BCUT2D eigenvalue weighted by atomic mass is 10.5. The van der Waals surface area contributed by atoms with Gasteiger partial charge < -0.3 is 5.32 Å². The molecule has 0 spiro atoms. The van der Waals surface area contributed by atoms with Gasteiger partial charge in [0.15, 0.2) is 5.00 Å². The smallest absolute Gasteiger partial charge is 0.314 e. The Balaban J connectivity index is 3.18. The van der Waals surface area contributed by atoms with Gasteiger partial charge in [0, 0.05) is 0 Å². The van der Waals surface area contributed by atoms with Crippen LogP contribution in [0.2, 0.25) is 0 Å². The molecule has 9 heteroatoms. The highest BCUT2D eigenvalue weighted by Crippen LogP contribution is 2.38. The molecular formula is C5H3N3O5S. The molecule has 0 aliphatic carbocycles. The molecule has 1 N–H and O–H groups in total. The first-order valence-corrected chi connectivity index (χ1v) is 4.00. The molecule has 1 heterocycles. The predicted octanol–water partition coefficient (Wildman–Crippen LogP) is 1.13. The topological polar surface area (TPSA) is 115 Å². The molecule has 1 rings (SSSR count). The molecule has 0 bridgehead atoms. The third-order valence-electron chi connectivity index (χ3n) is 1.27. The molecule has 0 aliphatic rings. The second-order valence-corrected chi connectivity index (χ2v) is 3.11. The number of thiophene rings is 1. The molecule has 0 radical (unpaired) electrons. The lowest BCUT2D eigenvalue weighted by Crippen LogP contribution is -1.94. The maximum absolute atomic E-state index is 10.4. The van der Waals surface area contributed by atoms with E-state index in [0.29, 0.717) is 11.3 Å². The van der Waals surface area contributed by atoms with Gasteiger partial charge in [-0.05, 0) is 11.3 Å². The summed E-state index contributed by atoms with van der Waals surface area (Å²) in [5.74, 6) is 0. The number of hydrogen-bond acceptors (Lipinski definition) is 6. The SMILES string of the molecule is O=CNc1sc([N+](=O)[O-])cc1[N+](=O)[O-]. The normalized spacial score (nSPS) is 9.43. The molecule has 14 heavy (non-hydrogen) atoms. The summed E-state index contributed by atoms with van der Waals surface area (Å²) < 4.78 is 0. The van der Waals surface area contributed by atoms with Crippen LogP contribution >= 0.6 is 11.3 Å². The van der Waals surface area contributed by atoms with Crippen molar-refractivity contribution >= 4 is 33.4 Å². The number of carbonyl (C=O) groups is 1. The summed E-state index contributed by atoms with van der Waals surface area (Å²) in [6, 6.07) is 0.802. The number of anilines is 1. The molecule has 0 fully saturated rings. The first kappa shape index (κ1) is 10.1. The van der Waals surface area contributed by atoms with E-state index in [1.807, 2.05) is 5.32 Å². The second-order valence-electron chi connectivity index (χ2n) is 2.08. The van der Waals surface area contributed by atoms with Crippen LogP contribution in [-0.2, 0) is 4.79 Å². The zero-order chi connectivity index (χ0) is 10.7. The fourth-order valence-electron chi connectivity index (χ4n) is 0.751. The minimum atomic E-state index is -0.796. The van der Waals surface area contributed by atoms with E-state index in [-0.39, 0.29) is 16.4 Å². The Bertz CT molecular complexity index is 400. The number of nitrogens with zero attached hydrogens (tertiary/aromatic N) is 2. The van der Waals surface area contributed by atoms with E-state index < -0.39 is 15.5 Å². The molecule has 1 aromatic rings. The van der Waals surface area contributed by atoms with Crippen molar-refractivity contribution in [2.45, 2.75) is 0 Å². The van der Waals surface area contributed by atoms with Gasteiger partial charge in [-0.15, -0.1) is 0 Å². The quantitative estimate of drug-likeness (QED) is 0.461. The van der Waals surface area contributed by atoms with Gasteiger partial charge in [0.25, 0.3) is 0 Å². The Kier molecular flexibility index (Phi) is 2.72. The Labute approximate surface area is 80.5 Å². The summed E-state index contributed by atoms with van der Waals surface area (Å²) in [6.45, 7) is 0. The van der Waals surface area contributed by atoms with Gasteiger partial charge in [0.05, 0.1) is 9.85 Å². The van der Waals surface area contributed by atoms with Crippen LogP contribution < -0.4 is 5.32 Å². The molecule has 74 valence electrons. The summed E-state index contributed by atoms with van der Waals surface area (Å²) in [6.07, 6.45) is 0.225. The van der Waals surface area contributed by atoms with Gasteiger partial charge in [-0.3, -0.25) is 25.0 Å². The Morgan fingerprint density at radius 3 is 2.43 bits per heavy atom. The molecular weight excluding hydrogens is 214 g/mol. The number of carbonyl (C=O) groups excluding carboxylic acids is 1. The standard InChI is InChI=1S/C5H3N3O5S/c9-2-6-5-3(7(10)11)1-4(14-5)8(12)13/h1-2H,(H,6,9). The molecule has 8 nitrogen and oxygen atoms in total. The van der Waals surface area contributed by atoms with Crippen LogP contribution in [0.15, 0.2) is 6.07 Å². The number of nitro groups is 2. The summed E-state index contributed by atoms with van der Waals surface area (Å²) in [7, 11) is 0. The third-order valence-corrected chi connectivity index (χ3v) is 2.27. The highest BCUT2D eigenvalue weighted by molar-refractivity contribution is 7.20. The molecule has 1 aromatic heterocycles. The average Bonchev–Trinajstić information content (AvgIpc) is 2.49. The van der Waals surface area contributed by atoms with Crippen molar-refractivity contribution < 1.29 is 14.6 Å². The van der Waals surface area contributed by atoms with Gasteiger partial charge in [-0.2, -0.15) is 0 Å². The van der Waals surface area contributed by atoms with Crippen LogP contribution in [0.4, 0.5) is 15.7 Å². The number of amides is 1. The van der Waals surface area contributed by atoms with Crippen molar-refractivity contribution in [1.82, 2.24) is 0 Å². The fraction of sp³-hybridized carbons (Fsp3) is 0. The lowest BCUT2D eigenvalue weighted by Gasteiger charge is -1.89. The largest absolute Gasteiger partial charge is 0.333 e. The average molecular weight is 217 g/mol.